The van der Waals surface area contributed by atoms with Crippen LogP contribution in [0.1, 0.15) is 18.2 Å². The number of carbonyl (C=O) groups is 2. The van der Waals surface area contributed by atoms with Gasteiger partial charge in [0.1, 0.15) is 6.07 Å². The van der Waals surface area contributed by atoms with E-state index in [4.69, 9.17) is 5.26 Å². The largest absolute Gasteiger partial charge is 0.450 e. The summed E-state index contributed by atoms with van der Waals surface area (Å²) in [6.45, 7) is 1.66. The van der Waals surface area contributed by atoms with E-state index < -0.39 is 17.7 Å². The molecule has 33 heavy (non-hydrogen) atoms. The Hall–Kier alpha value is -3.56. The van der Waals surface area contributed by atoms with Crippen molar-refractivity contribution in [1.29, 1.82) is 5.26 Å². The van der Waals surface area contributed by atoms with Crippen LogP contribution >= 0.6 is 31.9 Å². The molecule has 2 aromatic carbocycles. The van der Waals surface area contributed by atoms with Gasteiger partial charge in [-0.3, -0.25) is 20.3 Å². The fourth-order valence-electron chi connectivity index (χ4n) is 2.88. The number of benzene rings is 2. The van der Waals surface area contributed by atoms with Gasteiger partial charge in [-0.05, 0) is 30.7 Å². The van der Waals surface area contributed by atoms with Gasteiger partial charge in [-0.1, -0.05) is 50.1 Å². The summed E-state index contributed by atoms with van der Waals surface area (Å²) >= 11 is 7.03. The number of halogens is 2. The predicted octanol–water partition coefficient (Wildman–Crippen LogP) is 3.60. The lowest BCUT2D eigenvalue weighted by Gasteiger charge is -2.11. The van der Waals surface area contributed by atoms with Gasteiger partial charge < -0.3 is 4.74 Å². The summed E-state index contributed by atoms with van der Waals surface area (Å²) in [4.78, 5) is 35.3. The van der Waals surface area contributed by atoms with Crippen molar-refractivity contribution in [3.05, 3.63) is 67.0 Å². The summed E-state index contributed by atoms with van der Waals surface area (Å²) in [6.07, 6.45) is -0.559. The van der Waals surface area contributed by atoms with Gasteiger partial charge in [-0.2, -0.15) is 15.5 Å². The number of hydrogen-bond acceptors (Lipinski definition) is 8. The Balaban J connectivity index is 1.82. The van der Waals surface area contributed by atoms with Crippen molar-refractivity contribution in [2.75, 3.05) is 12.0 Å². The molecule has 168 valence electrons. The second kappa shape index (κ2) is 10.8. The number of rotatable bonds is 6. The fraction of sp³-hybridized carbons (Fsp3) is 0.143. The van der Waals surface area contributed by atoms with Crippen LogP contribution in [0.15, 0.2) is 55.2 Å². The van der Waals surface area contributed by atoms with Crippen LogP contribution in [0.25, 0.3) is 10.8 Å². The van der Waals surface area contributed by atoms with Gasteiger partial charge in [0.05, 0.1) is 23.4 Å². The Morgan fingerprint density at radius 2 is 1.88 bits per heavy atom. The molecule has 3 rings (SSSR count). The molecule has 0 unspecified atom stereocenters. The first-order chi connectivity index (χ1) is 15.8. The molecule has 0 aliphatic rings. The molecule has 0 saturated carbocycles. The number of nitrogens with one attached hydrogen (secondary N) is 3. The number of amides is 2. The lowest BCUT2D eigenvalue weighted by Crippen LogP contribution is -2.36. The molecule has 0 aliphatic heterocycles. The van der Waals surface area contributed by atoms with Gasteiger partial charge in [-0.25, -0.2) is 9.89 Å². The minimum absolute atomic E-state index is 0.0785. The van der Waals surface area contributed by atoms with E-state index in [0.29, 0.717) is 32.1 Å². The summed E-state index contributed by atoms with van der Waals surface area (Å²) in [5, 5.41) is 22.8. The highest BCUT2D eigenvalue weighted by Gasteiger charge is 2.16. The zero-order valence-electron chi connectivity index (χ0n) is 17.1. The standard InChI is InChI=1S/C21H16Br2N6O4/c1-2-33-21(32)25-20(31)18(10-24)28-26-11-7-15(22)14(16(23)8-11)9-17-12-5-3-4-6-13(12)19(30)29-27-17/h3-8,26H,2,9H2,1H3,(H,29,30)(H,25,31,32)/b28-18-. The van der Waals surface area contributed by atoms with Crippen molar-refractivity contribution >= 4 is 66.0 Å². The maximum atomic E-state index is 12.0. The molecule has 12 heteroatoms. The number of hydrazone groups is 1. The number of hydrogen-bond donors (Lipinski definition) is 3. The minimum atomic E-state index is -0.991. The van der Waals surface area contributed by atoms with Gasteiger partial charge in [0.15, 0.2) is 0 Å². The zero-order valence-corrected chi connectivity index (χ0v) is 20.3. The molecule has 2 amide bonds. The van der Waals surface area contributed by atoms with Crippen molar-refractivity contribution in [1.82, 2.24) is 15.5 Å². The lowest BCUT2D eigenvalue weighted by atomic mass is 10.0. The Morgan fingerprint density at radius 3 is 2.52 bits per heavy atom. The number of carbonyl (C=O) groups excluding carboxylic acids is 2. The fourth-order valence-corrected chi connectivity index (χ4v) is 4.34. The molecule has 3 N–H and O–H groups in total. The highest BCUT2D eigenvalue weighted by molar-refractivity contribution is 9.11. The molecular weight excluding hydrogens is 560 g/mol. The van der Waals surface area contributed by atoms with Crippen molar-refractivity contribution in [2.45, 2.75) is 13.3 Å². The average molecular weight is 576 g/mol. The topological polar surface area (TPSA) is 149 Å². The van der Waals surface area contributed by atoms with Gasteiger partial charge in [0.25, 0.3) is 11.5 Å². The second-order valence-corrected chi connectivity index (χ2v) is 8.21. The molecule has 0 atom stereocenters. The number of ether oxygens (including phenoxy) is 1. The normalized spacial score (nSPS) is 11.0. The van der Waals surface area contributed by atoms with Gasteiger partial charge in [0, 0.05) is 20.8 Å². The smallest absolute Gasteiger partial charge is 0.414 e. The first kappa shape index (κ1) is 24.1. The maximum absolute atomic E-state index is 12.0. The quantitative estimate of drug-likeness (QED) is 0.300. The summed E-state index contributed by atoms with van der Waals surface area (Å²) in [6, 6.07) is 12.2. The number of aromatic nitrogens is 2. The monoisotopic (exact) mass is 574 g/mol. The van der Waals surface area contributed by atoms with Crippen LogP contribution in [0.3, 0.4) is 0 Å². The van der Waals surface area contributed by atoms with E-state index in [1.165, 1.54) is 0 Å². The first-order valence-corrected chi connectivity index (χ1v) is 11.1. The number of fused-ring (bicyclic) bond motifs is 1. The molecule has 3 aromatic rings. The summed E-state index contributed by atoms with van der Waals surface area (Å²) in [5.41, 5.74) is 3.82. The molecule has 0 aliphatic carbocycles. The van der Waals surface area contributed by atoms with Crippen LogP contribution in [-0.2, 0) is 16.0 Å². The highest BCUT2D eigenvalue weighted by atomic mass is 79.9. The SMILES string of the molecule is CCOC(=O)NC(=O)/C(C#N)=N\Nc1cc(Br)c(Cc2n[nH]c(=O)c3ccccc23)c(Br)c1. The molecule has 0 spiro atoms. The van der Waals surface area contributed by atoms with Gasteiger partial charge in [-0.15, -0.1) is 0 Å². The van der Waals surface area contributed by atoms with Crippen molar-refractivity contribution in [2.24, 2.45) is 5.10 Å². The summed E-state index contributed by atoms with van der Waals surface area (Å²) in [5.74, 6) is -0.991. The van der Waals surface area contributed by atoms with E-state index in [1.807, 2.05) is 17.4 Å². The Bertz CT molecular complexity index is 1340. The average Bonchev–Trinajstić information content (AvgIpc) is 2.78. The van der Waals surface area contributed by atoms with Gasteiger partial charge in [0.2, 0.25) is 5.71 Å². The second-order valence-electron chi connectivity index (χ2n) is 6.50. The van der Waals surface area contributed by atoms with Gasteiger partial charge >= 0.3 is 6.09 Å². The van der Waals surface area contributed by atoms with Crippen LogP contribution in [0.4, 0.5) is 10.5 Å². The third-order valence-electron chi connectivity index (χ3n) is 4.37. The number of imide groups is 1. The Labute approximate surface area is 204 Å². The lowest BCUT2D eigenvalue weighted by molar-refractivity contribution is -0.114. The van der Waals surface area contributed by atoms with Crippen molar-refractivity contribution < 1.29 is 14.3 Å². The van der Waals surface area contributed by atoms with E-state index in [9.17, 15) is 14.4 Å². The molecule has 0 fully saturated rings. The van der Waals surface area contributed by atoms with Crippen LogP contribution in [0, 0.1) is 11.3 Å². The number of H-pyrrole nitrogens is 1. The Morgan fingerprint density at radius 1 is 1.21 bits per heavy atom. The number of nitrogens with zero attached hydrogens (tertiary/aromatic N) is 3. The molecular formula is C21H16Br2N6O4. The molecule has 1 aromatic heterocycles. The molecule has 10 nitrogen and oxygen atoms in total. The third-order valence-corrected chi connectivity index (χ3v) is 5.78. The Kier molecular flexibility index (Phi) is 7.92. The molecule has 0 saturated heterocycles. The van der Waals surface area contributed by atoms with E-state index in [-0.39, 0.29) is 12.2 Å². The van der Waals surface area contributed by atoms with E-state index in [1.54, 1.807) is 37.3 Å². The summed E-state index contributed by atoms with van der Waals surface area (Å²) in [7, 11) is 0. The number of nitriles is 1. The van der Waals surface area contributed by atoms with E-state index >= 15 is 0 Å². The number of anilines is 1. The van der Waals surface area contributed by atoms with Crippen molar-refractivity contribution in [3.63, 3.8) is 0 Å². The van der Waals surface area contributed by atoms with Crippen LogP contribution in [0.5, 0.6) is 0 Å². The molecule has 1 heterocycles. The predicted molar refractivity (Wildman–Crippen MR) is 129 cm³/mol. The summed E-state index contributed by atoms with van der Waals surface area (Å²) < 4.78 is 5.99. The number of alkyl carbamates (subject to hydrolysis) is 1. The zero-order chi connectivity index (χ0) is 24.0. The molecule has 0 radical (unpaired) electrons. The molecule has 0 bridgehead atoms. The first-order valence-electron chi connectivity index (χ1n) is 9.50. The minimum Gasteiger partial charge on any atom is -0.450 e. The van der Waals surface area contributed by atoms with E-state index in [0.717, 1.165) is 10.9 Å². The van der Waals surface area contributed by atoms with Crippen LogP contribution in [0.2, 0.25) is 0 Å². The van der Waals surface area contributed by atoms with Crippen LogP contribution in [-0.4, -0.2) is 34.5 Å². The maximum Gasteiger partial charge on any atom is 0.414 e. The highest BCUT2D eigenvalue weighted by Crippen LogP contribution is 2.32. The number of aromatic amines is 1. The van der Waals surface area contributed by atoms with E-state index in [2.05, 4.69) is 57.3 Å². The van der Waals surface area contributed by atoms with Crippen LogP contribution < -0.4 is 16.3 Å². The third kappa shape index (κ3) is 5.82. The van der Waals surface area contributed by atoms with Crippen molar-refractivity contribution in [3.8, 4) is 6.07 Å².